The van der Waals surface area contributed by atoms with Crippen molar-refractivity contribution < 1.29 is 13.2 Å². The van der Waals surface area contributed by atoms with Gasteiger partial charge in [-0.25, -0.2) is 8.42 Å². The minimum absolute atomic E-state index is 0.0385. The number of carbonyl (C=O) groups excluding carboxylic acids is 1. The normalized spacial score (nSPS) is 14.7. The van der Waals surface area contributed by atoms with Crippen LogP contribution >= 0.6 is 0 Å². The first-order valence-electron chi connectivity index (χ1n) is 10.8. The van der Waals surface area contributed by atoms with Gasteiger partial charge in [-0.2, -0.15) is 0 Å². The van der Waals surface area contributed by atoms with Gasteiger partial charge in [-0.05, 0) is 67.8 Å². The van der Waals surface area contributed by atoms with Crippen molar-refractivity contribution in [3.8, 4) is 0 Å². The Morgan fingerprint density at radius 2 is 1.59 bits per heavy atom. The number of hydrogen-bond acceptors (Lipinski definition) is 4. The molecule has 7 heteroatoms. The van der Waals surface area contributed by atoms with Crippen LogP contribution in [-0.4, -0.2) is 27.4 Å². The Bertz CT molecular complexity index is 1170. The number of sulfonamides is 1. The average Bonchev–Trinajstić information content (AvgIpc) is 3.35. The summed E-state index contributed by atoms with van der Waals surface area (Å²) in [6.07, 6.45) is 2.45. The standard InChI is InChI=1S/C25H27N3O3S/c1-19(20-12-14-23(15-13-20)28-16-5-6-17-28)26-25(29)21-8-7-11-24(18-21)32(30,31)27-22-9-3-2-4-10-22/h2-4,7-15,18-19,27H,5-6,16-17H2,1H3,(H,26,29). The van der Waals surface area contributed by atoms with E-state index in [0.29, 0.717) is 11.3 Å². The molecule has 1 aliphatic rings. The van der Waals surface area contributed by atoms with Crippen LogP contribution in [0.5, 0.6) is 0 Å². The van der Waals surface area contributed by atoms with Gasteiger partial charge in [0.05, 0.1) is 10.9 Å². The molecule has 0 bridgehead atoms. The van der Waals surface area contributed by atoms with E-state index < -0.39 is 10.0 Å². The second kappa shape index (κ2) is 9.44. The molecule has 3 aromatic rings. The number of nitrogens with zero attached hydrogens (tertiary/aromatic N) is 1. The third-order valence-electron chi connectivity index (χ3n) is 5.64. The summed E-state index contributed by atoms with van der Waals surface area (Å²) in [5.41, 5.74) is 2.96. The summed E-state index contributed by atoms with van der Waals surface area (Å²) >= 11 is 0. The van der Waals surface area contributed by atoms with Crippen molar-refractivity contribution in [2.75, 3.05) is 22.7 Å². The van der Waals surface area contributed by atoms with E-state index in [4.69, 9.17) is 0 Å². The van der Waals surface area contributed by atoms with Crippen molar-refractivity contribution in [2.24, 2.45) is 0 Å². The van der Waals surface area contributed by atoms with Crippen LogP contribution in [0.4, 0.5) is 11.4 Å². The van der Waals surface area contributed by atoms with Crippen molar-refractivity contribution >= 4 is 27.3 Å². The third-order valence-corrected chi connectivity index (χ3v) is 7.02. The molecule has 32 heavy (non-hydrogen) atoms. The van der Waals surface area contributed by atoms with Crippen LogP contribution in [-0.2, 0) is 10.0 Å². The third kappa shape index (κ3) is 5.11. The first kappa shape index (κ1) is 21.9. The van der Waals surface area contributed by atoms with E-state index in [2.05, 4.69) is 27.1 Å². The first-order chi connectivity index (χ1) is 15.4. The lowest BCUT2D eigenvalue weighted by Crippen LogP contribution is -2.27. The van der Waals surface area contributed by atoms with Crippen LogP contribution in [0, 0.1) is 0 Å². The summed E-state index contributed by atoms with van der Waals surface area (Å²) in [6, 6.07) is 22.7. The number of benzene rings is 3. The Morgan fingerprint density at radius 3 is 2.28 bits per heavy atom. The van der Waals surface area contributed by atoms with Gasteiger partial charge in [0.25, 0.3) is 15.9 Å². The lowest BCUT2D eigenvalue weighted by molar-refractivity contribution is 0.0939. The van der Waals surface area contributed by atoms with Crippen LogP contribution < -0.4 is 14.9 Å². The summed E-state index contributed by atoms with van der Waals surface area (Å²) in [4.78, 5) is 15.2. The molecule has 4 rings (SSSR count). The van der Waals surface area contributed by atoms with Crippen LogP contribution in [0.3, 0.4) is 0 Å². The topological polar surface area (TPSA) is 78.5 Å². The van der Waals surface area contributed by atoms with Gasteiger partial charge in [0.2, 0.25) is 0 Å². The maximum atomic E-state index is 12.8. The maximum absolute atomic E-state index is 12.8. The molecule has 1 atom stereocenters. The van der Waals surface area contributed by atoms with Crippen molar-refractivity contribution in [1.29, 1.82) is 0 Å². The first-order valence-corrected chi connectivity index (χ1v) is 12.2. The smallest absolute Gasteiger partial charge is 0.261 e. The highest BCUT2D eigenvalue weighted by molar-refractivity contribution is 7.92. The molecule has 1 aliphatic heterocycles. The molecule has 0 aromatic heterocycles. The molecule has 1 heterocycles. The zero-order chi connectivity index (χ0) is 22.6. The molecular formula is C25H27N3O3S. The highest BCUT2D eigenvalue weighted by Gasteiger charge is 2.18. The molecular weight excluding hydrogens is 422 g/mol. The average molecular weight is 450 g/mol. The molecule has 2 N–H and O–H groups in total. The number of carbonyl (C=O) groups is 1. The van der Waals surface area contributed by atoms with E-state index in [1.165, 1.54) is 30.7 Å². The highest BCUT2D eigenvalue weighted by Crippen LogP contribution is 2.23. The minimum atomic E-state index is -3.80. The van der Waals surface area contributed by atoms with Crippen LogP contribution in [0.2, 0.25) is 0 Å². The largest absolute Gasteiger partial charge is 0.372 e. The number of amides is 1. The fourth-order valence-corrected chi connectivity index (χ4v) is 4.94. The molecule has 1 fully saturated rings. The van der Waals surface area contributed by atoms with E-state index in [1.54, 1.807) is 36.4 Å². The monoisotopic (exact) mass is 449 g/mol. The molecule has 1 amide bonds. The minimum Gasteiger partial charge on any atom is -0.372 e. The quantitative estimate of drug-likeness (QED) is 0.554. The lowest BCUT2D eigenvalue weighted by Gasteiger charge is -2.19. The summed E-state index contributed by atoms with van der Waals surface area (Å²) in [5.74, 6) is -0.321. The fourth-order valence-electron chi connectivity index (χ4n) is 3.84. The van der Waals surface area contributed by atoms with Crippen molar-refractivity contribution in [1.82, 2.24) is 5.32 Å². The predicted octanol–water partition coefficient (Wildman–Crippen LogP) is 4.58. The maximum Gasteiger partial charge on any atom is 0.261 e. The fraction of sp³-hybridized carbons (Fsp3) is 0.240. The Balaban J connectivity index is 1.44. The van der Waals surface area contributed by atoms with E-state index in [1.807, 2.05) is 25.1 Å². The molecule has 1 saturated heterocycles. The Morgan fingerprint density at radius 1 is 0.906 bits per heavy atom. The number of anilines is 2. The van der Waals surface area contributed by atoms with Crippen molar-refractivity contribution in [3.63, 3.8) is 0 Å². The van der Waals surface area contributed by atoms with E-state index >= 15 is 0 Å². The molecule has 166 valence electrons. The molecule has 0 spiro atoms. The summed E-state index contributed by atoms with van der Waals surface area (Å²) in [7, 11) is -3.80. The van der Waals surface area contributed by atoms with Gasteiger partial charge < -0.3 is 10.2 Å². The molecule has 1 unspecified atom stereocenters. The lowest BCUT2D eigenvalue weighted by atomic mass is 10.1. The van der Waals surface area contributed by atoms with Crippen LogP contribution in [0.15, 0.2) is 83.8 Å². The van der Waals surface area contributed by atoms with Gasteiger partial charge in [-0.3, -0.25) is 9.52 Å². The number of nitrogens with one attached hydrogen (secondary N) is 2. The summed E-state index contributed by atoms with van der Waals surface area (Å²) in [5, 5.41) is 2.96. The van der Waals surface area contributed by atoms with Gasteiger partial charge in [0.1, 0.15) is 0 Å². The number of hydrogen-bond donors (Lipinski definition) is 2. The zero-order valence-corrected chi connectivity index (χ0v) is 18.8. The molecule has 6 nitrogen and oxygen atoms in total. The Hall–Kier alpha value is -3.32. The molecule has 0 radical (unpaired) electrons. The van der Waals surface area contributed by atoms with Crippen LogP contribution in [0.1, 0.15) is 41.7 Å². The van der Waals surface area contributed by atoms with Gasteiger partial charge in [0.15, 0.2) is 0 Å². The summed E-state index contributed by atoms with van der Waals surface area (Å²) < 4.78 is 28.0. The number of rotatable bonds is 7. The van der Waals surface area contributed by atoms with Gasteiger partial charge in [0, 0.05) is 30.0 Å². The second-order valence-corrected chi connectivity index (χ2v) is 9.66. The SMILES string of the molecule is CC(NC(=O)c1cccc(S(=O)(=O)Nc2ccccc2)c1)c1ccc(N2CCCC2)cc1. The van der Waals surface area contributed by atoms with E-state index in [-0.39, 0.29) is 16.8 Å². The van der Waals surface area contributed by atoms with Crippen molar-refractivity contribution in [2.45, 2.75) is 30.7 Å². The molecule has 3 aromatic carbocycles. The summed E-state index contributed by atoms with van der Waals surface area (Å²) in [6.45, 7) is 4.09. The molecule has 0 aliphatic carbocycles. The highest BCUT2D eigenvalue weighted by atomic mass is 32.2. The predicted molar refractivity (Wildman–Crippen MR) is 127 cm³/mol. The van der Waals surface area contributed by atoms with E-state index in [0.717, 1.165) is 18.7 Å². The van der Waals surface area contributed by atoms with Gasteiger partial charge in [-0.1, -0.05) is 36.4 Å². The zero-order valence-electron chi connectivity index (χ0n) is 18.0. The van der Waals surface area contributed by atoms with E-state index in [9.17, 15) is 13.2 Å². The Kier molecular flexibility index (Phi) is 6.46. The van der Waals surface area contributed by atoms with Gasteiger partial charge >= 0.3 is 0 Å². The van der Waals surface area contributed by atoms with Gasteiger partial charge in [-0.15, -0.1) is 0 Å². The number of para-hydroxylation sites is 1. The Labute approximate surface area is 189 Å². The van der Waals surface area contributed by atoms with Crippen LogP contribution in [0.25, 0.3) is 0 Å². The molecule has 0 saturated carbocycles. The van der Waals surface area contributed by atoms with Crippen molar-refractivity contribution in [3.05, 3.63) is 90.0 Å². The second-order valence-electron chi connectivity index (χ2n) is 7.98.